The fraction of sp³-hybridized carbons (Fsp3) is 0.316. The standard InChI is InChI=1S/C19H23FN2O4S/c1-14(2)26-16-10-8-15(9-11-16)22(27(3,24)25)13-12-21-19(23)17-6-4-5-7-18(17)20/h4-11,14H,12-13H2,1-3H3,(H,21,23). The van der Waals surface area contributed by atoms with Gasteiger partial charge in [0.15, 0.2) is 0 Å². The maximum Gasteiger partial charge on any atom is 0.254 e. The molecular formula is C19H23FN2O4S. The third-order valence-corrected chi connectivity index (χ3v) is 4.81. The topological polar surface area (TPSA) is 75.7 Å². The Morgan fingerprint density at radius 2 is 1.78 bits per heavy atom. The van der Waals surface area contributed by atoms with Gasteiger partial charge in [-0.15, -0.1) is 0 Å². The van der Waals surface area contributed by atoms with Gasteiger partial charge in [-0.05, 0) is 50.2 Å². The van der Waals surface area contributed by atoms with E-state index in [0.29, 0.717) is 11.4 Å². The van der Waals surface area contributed by atoms with Gasteiger partial charge >= 0.3 is 0 Å². The number of hydrogen-bond acceptors (Lipinski definition) is 4. The molecule has 0 heterocycles. The van der Waals surface area contributed by atoms with Gasteiger partial charge in [-0.1, -0.05) is 12.1 Å². The third kappa shape index (κ3) is 5.96. The predicted octanol–water partition coefficient (Wildman–Crippen LogP) is 2.81. The first kappa shape index (κ1) is 20.7. The molecule has 0 spiro atoms. The van der Waals surface area contributed by atoms with E-state index in [4.69, 9.17) is 4.74 Å². The van der Waals surface area contributed by atoms with Crippen LogP contribution in [0.15, 0.2) is 48.5 Å². The van der Waals surface area contributed by atoms with E-state index >= 15 is 0 Å². The number of amides is 1. The minimum atomic E-state index is -3.56. The minimum absolute atomic E-state index is 0.00968. The summed E-state index contributed by atoms with van der Waals surface area (Å²) < 4.78 is 44.6. The molecule has 0 radical (unpaired) electrons. The van der Waals surface area contributed by atoms with Crippen molar-refractivity contribution in [2.45, 2.75) is 20.0 Å². The zero-order valence-corrected chi connectivity index (χ0v) is 16.3. The highest BCUT2D eigenvalue weighted by Crippen LogP contribution is 2.22. The van der Waals surface area contributed by atoms with Crippen LogP contribution in [-0.2, 0) is 10.0 Å². The van der Waals surface area contributed by atoms with Crippen LogP contribution in [-0.4, -0.2) is 39.8 Å². The molecule has 0 atom stereocenters. The second-order valence-corrected chi connectivity index (χ2v) is 8.14. The van der Waals surface area contributed by atoms with Crippen LogP contribution in [0.25, 0.3) is 0 Å². The smallest absolute Gasteiger partial charge is 0.254 e. The molecule has 2 rings (SSSR count). The summed E-state index contributed by atoms with van der Waals surface area (Å²) in [7, 11) is -3.56. The average Bonchev–Trinajstić information content (AvgIpc) is 2.58. The number of benzene rings is 2. The first-order valence-electron chi connectivity index (χ1n) is 8.45. The Labute approximate surface area is 159 Å². The SMILES string of the molecule is CC(C)Oc1ccc(N(CCNC(=O)c2ccccc2F)S(C)(=O)=O)cc1. The van der Waals surface area contributed by atoms with Crippen molar-refractivity contribution in [3.8, 4) is 5.75 Å². The molecule has 0 bridgehead atoms. The second kappa shape index (κ2) is 8.85. The highest BCUT2D eigenvalue weighted by atomic mass is 32.2. The van der Waals surface area contributed by atoms with Crippen molar-refractivity contribution < 1.29 is 22.3 Å². The Hall–Kier alpha value is -2.61. The number of carbonyl (C=O) groups is 1. The molecule has 0 saturated carbocycles. The van der Waals surface area contributed by atoms with Gasteiger partial charge in [0, 0.05) is 6.54 Å². The summed E-state index contributed by atoms with van der Waals surface area (Å²) in [5.41, 5.74) is 0.368. The molecule has 0 aliphatic carbocycles. The molecule has 27 heavy (non-hydrogen) atoms. The molecule has 0 aliphatic heterocycles. The number of ether oxygens (including phenoxy) is 1. The Balaban J connectivity index is 2.05. The van der Waals surface area contributed by atoms with Crippen molar-refractivity contribution in [2.24, 2.45) is 0 Å². The molecule has 146 valence electrons. The summed E-state index contributed by atoms with van der Waals surface area (Å²) in [5.74, 6) is -0.590. The van der Waals surface area contributed by atoms with E-state index in [1.165, 1.54) is 22.5 Å². The number of nitrogens with zero attached hydrogens (tertiary/aromatic N) is 1. The van der Waals surface area contributed by atoms with Crippen LogP contribution < -0.4 is 14.4 Å². The highest BCUT2D eigenvalue weighted by molar-refractivity contribution is 7.92. The van der Waals surface area contributed by atoms with Crippen LogP contribution in [0.2, 0.25) is 0 Å². The van der Waals surface area contributed by atoms with Gasteiger partial charge in [0.2, 0.25) is 10.0 Å². The molecule has 0 unspecified atom stereocenters. The number of carbonyl (C=O) groups excluding carboxylic acids is 1. The lowest BCUT2D eigenvalue weighted by Crippen LogP contribution is -2.38. The summed E-state index contributed by atoms with van der Waals surface area (Å²) in [6.45, 7) is 3.85. The van der Waals surface area contributed by atoms with Crippen LogP contribution in [0.3, 0.4) is 0 Å². The second-order valence-electron chi connectivity index (χ2n) is 6.23. The van der Waals surface area contributed by atoms with Gasteiger partial charge in [0.05, 0.1) is 30.2 Å². The normalized spacial score (nSPS) is 11.3. The highest BCUT2D eigenvalue weighted by Gasteiger charge is 2.18. The predicted molar refractivity (Wildman–Crippen MR) is 103 cm³/mol. The van der Waals surface area contributed by atoms with Crippen molar-refractivity contribution in [3.05, 3.63) is 59.9 Å². The average molecular weight is 394 g/mol. The first-order chi connectivity index (χ1) is 12.7. The van der Waals surface area contributed by atoms with E-state index in [1.807, 2.05) is 13.8 Å². The zero-order valence-electron chi connectivity index (χ0n) is 15.5. The summed E-state index contributed by atoms with van der Waals surface area (Å²) in [6, 6.07) is 12.3. The fourth-order valence-corrected chi connectivity index (χ4v) is 3.39. The Morgan fingerprint density at radius 1 is 1.15 bits per heavy atom. The molecule has 0 fully saturated rings. The van der Waals surface area contributed by atoms with Crippen LogP contribution >= 0.6 is 0 Å². The Morgan fingerprint density at radius 3 is 2.33 bits per heavy atom. The third-order valence-electron chi connectivity index (χ3n) is 3.62. The van der Waals surface area contributed by atoms with Gasteiger partial charge in [-0.3, -0.25) is 9.10 Å². The van der Waals surface area contributed by atoms with E-state index in [1.54, 1.807) is 30.3 Å². The summed E-state index contributed by atoms with van der Waals surface area (Å²) in [4.78, 5) is 12.0. The van der Waals surface area contributed by atoms with E-state index in [9.17, 15) is 17.6 Å². The number of rotatable bonds is 8. The number of anilines is 1. The number of nitrogens with one attached hydrogen (secondary N) is 1. The summed E-state index contributed by atoms with van der Waals surface area (Å²) in [6.07, 6.45) is 1.10. The lowest BCUT2D eigenvalue weighted by Gasteiger charge is -2.23. The minimum Gasteiger partial charge on any atom is -0.491 e. The van der Waals surface area contributed by atoms with Gasteiger partial charge in [0.1, 0.15) is 11.6 Å². The maximum absolute atomic E-state index is 13.6. The Bertz CT molecular complexity index is 883. The van der Waals surface area contributed by atoms with E-state index in [0.717, 1.165) is 6.26 Å². The Kier molecular flexibility index (Phi) is 6.79. The summed E-state index contributed by atoms with van der Waals surface area (Å²) >= 11 is 0. The lowest BCUT2D eigenvalue weighted by molar-refractivity contribution is 0.0951. The molecule has 6 nitrogen and oxygen atoms in total. The van der Waals surface area contributed by atoms with E-state index in [2.05, 4.69) is 5.32 Å². The quantitative estimate of drug-likeness (QED) is 0.747. The van der Waals surface area contributed by atoms with Gasteiger partial charge in [0.25, 0.3) is 5.91 Å². The summed E-state index contributed by atoms with van der Waals surface area (Å²) in [5, 5.41) is 2.54. The molecule has 0 aromatic heterocycles. The van der Waals surface area contributed by atoms with E-state index < -0.39 is 21.7 Å². The molecular weight excluding hydrogens is 371 g/mol. The van der Waals surface area contributed by atoms with Gasteiger partial charge in [-0.25, -0.2) is 12.8 Å². The molecule has 8 heteroatoms. The van der Waals surface area contributed by atoms with Gasteiger partial charge in [-0.2, -0.15) is 0 Å². The monoisotopic (exact) mass is 394 g/mol. The van der Waals surface area contributed by atoms with Crippen molar-refractivity contribution >= 4 is 21.6 Å². The van der Waals surface area contributed by atoms with Crippen molar-refractivity contribution in [1.82, 2.24) is 5.32 Å². The molecule has 2 aromatic carbocycles. The number of halogens is 1. The van der Waals surface area contributed by atoms with Gasteiger partial charge < -0.3 is 10.1 Å². The van der Waals surface area contributed by atoms with Crippen LogP contribution in [0, 0.1) is 5.82 Å². The molecule has 2 aromatic rings. The van der Waals surface area contributed by atoms with Crippen molar-refractivity contribution in [1.29, 1.82) is 0 Å². The molecule has 1 N–H and O–H groups in total. The van der Waals surface area contributed by atoms with Crippen LogP contribution in [0.4, 0.5) is 10.1 Å². The maximum atomic E-state index is 13.6. The van der Waals surface area contributed by atoms with Crippen molar-refractivity contribution in [3.63, 3.8) is 0 Å². The van der Waals surface area contributed by atoms with Crippen molar-refractivity contribution in [2.75, 3.05) is 23.7 Å². The number of sulfonamides is 1. The zero-order chi connectivity index (χ0) is 20.0. The molecule has 1 amide bonds. The first-order valence-corrected chi connectivity index (χ1v) is 10.3. The largest absolute Gasteiger partial charge is 0.491 e. The molecule has 0 saturated heterocycles. The van der Waals surface area contributed by atoms with Crippen LogP contribution in [0.1, 0.15) is 24.2 Å². The van der Waals surface area contributed by atoms with Crippen LogP contribution in [0.5, 0.6) is 5.75 Å². The molecule has 0 aliphatic rings. The van der Waals surface area contributed by atoms with E-state index in [-0.39, 0.29) is 24.8 Å². The fourth-order valence-electron chi connectivity index (χ4n) is 2.46. The number of hydrogen-bond donors (Lipinski definition) is 1. The lowest BCUT2D eigenvalue weighted by atomic mass is 10.2.